The molecule has 2 bridgehead atoms. The van der Waals surface area contributed by atoms with Crippen molar-refractivity contribution in [2.24, 2.45) is 53.1 Å². The van der Waals surface area contributed by atoms with E-state index in [1.807, 2.05) is 65.0 Å². The zero-order valence-corrected chi connectivity index (χ0v) is 43.4. The number of aliphatic hydroxyl groups is 2. The molecule has 15 atom stereocenters. The number of allylic oxidation sites excluding steroid dienone is 6. The summed E-state index contributed by atoms with van der Waals surface area (Å²) in [6.45, 7) is 13.1. The van der Waals surface area contributed by atoms with Gasteiger partial charge in [-0.2, -0.15) is 0 Å². The summed E-state index contributed by atoms with van der Waals surface area (Å²) >= 11 is 0. The van der Waals surface area contributed by atoms with Crippen molar-refractivity contribution in [1.82, 2.24) is 4.90 Å². The highest BCUT2D eigenvalue weighted by atomic mass is 16.6. The van der Waals surface area contributed by atoms with Crippen LogP contribution in [0.3, 0.4) is 0 Å². The number of rotatable bonds is 8. The SMILES string of the molecule is CO[C@H]1C[C@@H]2CC[C@@H](C)[C@@](O)(C2)C(=O)C(=O)N2CCCC[C@H]2C(=O)C[C@H]([C@H](C)CC2CC[C@@H](OC(=O)CN)[C@H](OC)C2)CC(=O)[C@H](C)/C=C(\C)[C@@H](O)[C@@H](OC)C(=O)[C@H](C)C[C@H](C)/C=C/C=C/C=C/1C. The van der Waals surface area contributed by atoms with Gasteiger partial charge in [0.05, 0.1) is 24.8 Å². The van der Waals surface area contributed by atoms with Crippen LogP contribution in [0.5, 0.6) is 0 Å². The van der Waals surface area contributed by atoms with E-state index in [2.05, 4.69) is 0 Å². The molecule has 2 saturated carbocycles. The number of carbonyl (C=O) groups excluding carboxylic acids is 6. The number of hydrogen-bond donors (Lipinski definition) is 3. The topological polar surface area (TPSA) is 209 Å². The van der Waals surface area contributed by atoms with E-state index in [0.717, 1.165) is 18.4 Å². The van der Waals surface area contributed by atoms with Gasteiger partial charge in [0, 0.05) is 52.6 Å². The van der Waals surface area contributed by atoms with Gasteiger partial charge in [-0.15, -0.1) is 0 Å². The maximum Gasteiger partial charge on any atom is 0.320 e. The molecule has 4 aliphatic rings. The standard InChI is InChI=1S/C55H86N2O12/c1-33-16-12-11-13-17-34(2)47(66-8)28-41-20-19-39(7)55(65,31-41)53(63)54(64)57-23-15-14-18-43(57)45(59)30-42(35(3)26-40-21-22-46(48(27-40)67-9)69-49(60)32-56)29-44(58)36(4)25-38(6)51(62)52(68-10)50(61)37(5)24-33/h11-13,16-17,25,33,35-37,39-43,46-48,51-52,62,65H,14-15,18-24,26-32,56H2,1-10H3/b13-11+,16-12+,34-17+,38-25+/t33-,35-,36-,37-,39-,40?,41+,42-,43+,46-,47+,48-,51-,52+,55+/m1/s1. The highest BCUT2D eigenvalue weighted by molar-refractivity contribution is 6.39. The highest BCUT2D eigenvalue weighted by Crippen LogP contribution is 2.42. The van der Waals surface area contributed by atoms with E-state index in [-0.39, 0.29) is 85.6 Å². The summed E-state index contributed by atoms with van der Waals surface area (Å²) in [5, 5.41) is 23.7. The Bertz CT molecular complexity index is 1890. The molecule has 0 radical (unpaired) electrons. The molecule has 0 aromatic rings. The summed E-state index contributed by atoms with van der Waals surface area (Å²) < 4.78 is 22.9. The number of esters is 1. The van der Waals surface area contributed by atoms with Crippen LogP contribution < -0.4 is 5.73 Å². The van der Waals surface area contributed by atoms with E-state index < -0.39 is 71.3 Å². The van der Waals surface area contributed by atoms with Crippen molar-refractivity contribution in [3.8, 4) is 0 Å². The zero-order valence-electron chi connectivity index (χ0n) is 43.4. The number of nitrogens with zero attached hydrogens (tertiary/aromatic N) is 1. The van der Waals surface area contributed by atoms with Gasteiger partial charge < -0.3 is 39.8 Å². The normalized spacial score (nSPS) is 38.8. The maximum absolute atomic E-state index is 14.7. The van der Waals surface area contributed by atoms with Crippen LogP contribution >= 0.6 is 0 Å². The van der Waals surface area contributed by atoms with E-state index >= 15 is 0 Å². The van der Waals surface area contributed by atoms with E-state index in [9.17, 15) is 39.0 Å². The first kappa shape index (κ1) is 57.9. The van der Waals surface area contributed by atoms with Crippen molar-refractivity contribution in [3.63, 3.8) is 0 Å². The first-order valence-corrected chi connectivity index (χ1v) is 25.7. The van der Waals surface area contributed by atoms with Crippen molar-refractivity contribution < 1.29 is 57.9 Å². The van der Waals surface area contributed by atoms with Crippen molar-refractivity contribution in [1.29, 1.82) is 0 Å². The third-order valence-corrected chi connectivity index (χ3v) is 16.1. The monoisotopic (exact) mass is 967 g/mol. The van der Waals surface area contributed by atoms with Crippen LogP contribution in [0.2, 0.25) is 0 Å². The maximum atomic E-state index is 14.7. The third-order valence-electron chi connectivity index (χ3n) is 16.1. The van der Waals surface area contributed by atoms with Crippen LogP contribution in [0.4, 0.5) is 0 Å². The Kier molecular flexibility index (Phi) is 22.9. The fraction of sp³-hybridized carbons (Fsp3) is 0.745. The average Bonchev–Trinajstić information content (AvgIpc) is 3.33. The molecule has 2 aliphatic carbocycles. The smallest absolute Gasteiger partial charge is 0.320 e. The molecule has 4 N–H and O–H groups in total. The molecule has 0 spiro atoms. The molecule has 4 rings (SSSR count). The zero-order chi connectivity index (χ0) is 51.2. The first-order valence-electron chi connectivity index (χ1n) is 25.7. The number of methoxy groups -OCH3 is 3. The van der Waals surface area contributed by atoms with Crippen LogP contribution in [0.1, 0.15) is 138 Å². The Hall–Kier alpha value is -3.66. The molecule has 0 aromatic carbocycles. The molecular weight excluding hydrogens is 881 g/mol. The first-order chi connectivity index (χ1) is 32.7. The number of Topliss-reactive ketones (excluding diaryl/α,β-unsaturated/α-hetero) is 4. The Balaban J connectivity index is 1.70. The van der Waals surface area contributed by atoms with Crippen molar-refractivity contribution in [2.45, 2.75) is 181 Å². The van der Waals surface area contributed by atoms with Gasteiger partial charge in [-0.3, -0.25) is 28.8 Å². The van der Waals surface area contributed by atoms with Gasteiger partial charge >= 0.3 is 5.97 Å². The predicted octanol–water partition coefficient (Wildman–Crippen LogP) is 7.02. The quantitative estimate of drug-likeness (QED) is 0.127. The Morgan fingerprint density at radius 2 is 1.55 bits per heavy atom. The second kappa shape index (κ2) is 27.2. The fourth-order valence-electron chi connectivity index (χ4n) is 11.5. The van der Waals surface area contributed by atoms with Gasteiger partial charge in [0.1, 0.15) is 29.7 Å². The molecule has 1 amide bonds. The van der Waals surface area contributed by atoms with E-state index in [0.29, 0.717) is 63.4 Å². The van der Waals surface area contributed by atoms with Crippen molar-refractivity contribution in [3.05, 3.63) is 47.6 Å². The number of amides is 1. The summed E-state index contributed by atoms with van der Waals surface area (Å²) in [7, 11) is 4.62. The lowest BCUT2D eigenvalue weighted by Gasteiger charge is -2.43. The lowest BCUT2D eigenvalue weighted by Crippen LogP contribution is -2.59. The molecule has 388 valence electrons. The minimum Gasteiger partial charge on any atom is -0.459 e. The van der Waals surface area contributed by atoms with E-state index in [4.69, 9.17) is 24.7 Å². The molecule has 2 heterocycles. The Morgan fingerprint density at radius 3 is 2.22 bits per heavy atom. The predicted molar refractivity (Wildman–Crippen MR) is 265 cm³/mol. The van der Waals surface area contributed by atoms with Gasteiger partial charge in [0.2, 0.25) is 0 Å². The summed E-state index contributed by atoms with van der Waals surface area (Å²) in [5.41, 5.74) is 5.00. The lowest BCUT2D eigenvalue weighted by molar-refractivity contribution is -0.165. The highest BCUT2D eigenvalue weighted by Gasteiger charge is 2.51. The fourth-order valence-corrected chi connectivity index (χ4v) is 11.5. The number of carbonyl (C=O) groups is 6. The van der Waals surface area contributed by atoms with Crippen molar-refractivity contribution in [2.75, 3.05) is 34.4 Å². The van der Waals surface area contributed by atoms with Crippen molar-refractivity contribution >= 4 is 35.0 Å². The number of hydrogen-bond acceptors (Lipinski definition) is 13. The lowest BCUT2D eigenvalue weighted by atomic mass is 9.67. The largest absolute Gasteiger partial charge is 0.459 e. The minimum atomic E-state index is -1.91. The van der Waals surface area contributed by atoms with Gasteiger partial charge in [-0.05, 0) is 138 Å². The number of piperidine rings is 1. The summed E-state index contributed by atoms with van der Waals surface area (Å²) in [6.07, 6.45) is 14.7. The molecule has 14 nitrogen and oxygen atoms in total. The van der Waals surface area contributed by atoms with E-state index in [1.165, 1.54) is 12.0 Å². The van der Waals surface area contributed by atoms with Gasteiger partial charge in [0.15, 0.2) is 11.6 Å². The summed E-state index contributed by atoms with van der Waals surface area (Å²) in [4.78, 5) is 85.1. The molecule has 1 unspecified atom stereocenters. The number of aliphatic hydroxyl groups excluding tert-OH is 1. The molecule has 0 aromatic heterocycles. The van der Waals surface area contributed by atoms with Crippen LogP contribution in [-0.2, 0) is 47.7 Å². The number of ketones is 4. The molecule has 14 heteroatoms. The van der Waals surface area contributed by atoms with Gasteiger partial charge in [-0.1, -0.05) is 71.1 Å². The Labute approximate surface area is 412 Å². The van der Waals surface area contributed by atoms with Gasteiger partial charge in [0.25, 0.3) is 11.7 Å². The van der Waals surface area contributed by atoms with Crippen LogP contribution in [-0.4, -0.2) is 127 Å². The second-order valence-electron chi connectivity index (χ2n) is 21.3. The second-order valence-corrected chi connectivity index (χ2v) is 21.3. The minimum absolute atomic E-state index is 0.0142. The average molecular weight is 967 g/mol. The number of fused-ring (bicyclic) bond motifs is 3. The molecule has 69 heavy (non-hydrogen) atoms. The molecule has 3 fully saturated rings. The summed E-state index contributed by atoms with van der Waals surface area (Å²) in [5.74, 6) is -4.93. The van der Waals surface area contributed by atoms with Gasteiger partial charge in [-0.25, -0.2) is 0 Å². The molecular formula is C55H86N2O12. The third kappa shape index (κ3) is 15.7. The Morgan fingerprint density at radius 1 is 0.841 bits per heavy atom. The molecule has 2 aliphatic heterocycles. The summed E-state index contributed by atoms with van der Waals surface area (Å²) in [6, 6.07) is -0.892. The van der Waals surface area contributed by atoms with E-state index in [1.54, 1.807) is 34.1 Å². The molecule has 1 saturated heterocycles. The number of ether oxygens (including phenoxy) is 4. The number of nitrogens with two attached hydrogens (primary N) is 1. The van der Waals surface area contributed by atoms with Crippen LogP contribution in [0, 0.1) is 47.3 Å². The van der Waals surface area contributed by atoms with Crippen LogP contribution in [0.25, 0.3) is 0 Å². The van der Waals surface area contributed by atoms with Crippen LogP contribution in [0.15, 0.2) is 47.6 Å².